The number of fused-ring (bicyclic) bond motifs is 1. The summed E-state index contributed by atoms with van der Waals surface area (Å²) in [4.78, 5) is 55.1. The normalized spacial score (nSPS) is 20.8. The zero-order valence-electron chi connectivity index (χ0n) is 18.5. The summed E-state index contributed by atoms with van der Waals surface area (Å²) in [6.07, 6.45) is 3.66. The van der Waals surface area contributed by atoms with Crippen LogP contribution in [0.1, 0.15) is 52.8 Å². The number of unbranched alkanes of at least 4 members (excludes halogenated alkanes) is 2. The molecule has 0 aromatic heterocycles. The molecule has 182 valence electrons. The summed E-state index contributed by atoms with van der Waals surface area (Å²) in [5.41, 5.74) is 7.11. The molecule has 9 nitrogen and oxygen atoms in total. The summed E-state index contributed by atoms with van der Waals surface area (Å²) in [7, 11) is 0. The number of carbonyl (C=O) groups is 4. The minimum atomic E-state index is -0.934. The lowest BCUT2D eigenvalue weighted by Crippen LogP contribution is -2.54. The van der Waals surface area contributed by atoms with Gasteiger partial charge in [0.2, 0.25) is 11.8 Å². The summed E-state index contributed by atoms with van der Waals surface area (Å²) in [5, 5.41) is 2.22. The molecule has 3 heterocycles. The second kappa shape index (κ2) is 11.8. The summed E-state index contributed by atoms with van der Waals surface area (Å²) in [5.74, 6) is -1.90. The van der Waals surface area contributed by atoms with Gasteiger partial charge in [-0.25, -0.2) is 0 Å². The van der Waals surface area contributed by atoms with E-state index in [4.69, 9.17) is 5.73 Å². The zero-order chi connectivity index (χ0) is 22.0. The third-order valence-electron chi connectivity index (χ3n) is 6.34. The maximum atomic E-state index is 13.0. The Morgan fingerprint density at radius 1 is 0.909 bits per heavy atom. The predicted octanol–water partition coefficient (Wildman–Crippen LogP) is 1.18. The molecule has 0 bridgehead atoms. The Labute approximate surface area is 205 Å². The van der Waals surface area contributed by atoms with Crippen molar-refractivity contribution in [3.05, 3.63) is 29.3 Å². The summed E-state index contributed by atoms with van der Waals surface area (Å²) in [6.45, 7) is 5.44. The first kappa shape index (κ1) is 27.0. The largest absolute Gasteiger partial charge is 0.369 e. The van der Waals surface area contributed by atoms with E-state index in [2.05, 4.69) is 15.1 Å². The number of carbonyl (C=O) groups excluding carboxylic acids is 4. The van der Waals surface area contributed by atoms with Gasteiger partial charge in [-0.2, -0.15) is 0 Å². The first-order valence-electron chi connectivity index (χ1n) is 11.0. The molecule has 1 aromatic carbocycles. The van der Waals surface area contributed by atoms with Gasteiger partial charge in [0, 0.05) is 38.3 Å². The van der Waals surface area contributed by atoms with Crippen molar-refractivity contribution >= 4 is 54.1 Å². The maximum Gasteiger partial charge on any atom is 0.262 e. The Hall–Kier alpha value is -2.20. The fourth-order valence-corrected chi connectivity index (χ4v) is 4.54. The average Bonchev–Trinajstić information content (AvgIpc) is 3.02. The Morgan fingerprint density at radius 3 is 2.27 bits per heavy atom. The average molecular weight is 500 g/mol. The first-order chi connectivity index (χ1) is 15.0. The number of nitrogens with two attached hydrogens (primary N) is 1. The molecule has 4 amide bonds. The minimum absolute atomic E-state index is 0. The highest BCUT2D eigenvalue weighted by Gasteiger charge is 2.44. The van der Waals surface area contributed by atoms with E-state index in [1.165, 1.54) is 0 Å². The Morgan fingerprint density at radius 2 is 1.61 bits per heavy atom. The molecule has 2 saturated heterocycles. The number of nitrogens with one attached hydrogen (secondary N) is 1. The lowest BCUT2D eigenvalue weighted by atomic mass is 10.0. The van der Waals surface area contributed by atoms with E-state index in [0.29, 0.717) is 11.1 Å². The second-order valence-electron chi connectivity index (χ2n) is 8.36. The van der Waals surface area contributed by atoms with Gasteiger partial charge < -0.3 is 10.6 Å². The number of anilines is 1. The molecule has 0 aliphatic carbocycles. The zero-order valence-corrected chi connectivity index (χ0v) is 20.1. The topological polar surface area (TPSA) is 116 Å². The van der Waals surface area contributed by atoms with Crippen LogP contribution in [0.5, 0.6) is 0 Å². The number of hydrogen-bond acceptors (Lipinski definition) is 7. The molecule has 3 aliphatic rings. The van der Waals surface area contributed by atoms with Gasteiger partial charge in [0.05, 0.1) is 11.1 Å². The van der Waals surface area contributed by atoms with Gasteiger partial charge in [0.15, 0.2) is 0 Å². The van der Waals surface area contributed by atoms with Crippen LogP contribution in [0.4, 0.5) is 5.69 Å². The summed E-state index contributed by atoms with van der Waals surface area (Å²) in [6, 6.07) is 4.37. The molecule has 0 spiro atoms. The Balaban J connectivity index is 0.00000193. The monoisotopic (exact) mass is 499 g/mol. The van der Waals surface area contributed by atoms with Gasteiger partial charge in [0.25, 0.3) is 11.8 Å². The van der Waals surface area contributed by atoms with Crippen molar-refractivity contribution in [3.63, 3.8) is 0 Å². The number of piperidine rings is 1. The van der Waals surface area contributed by atoms with Crippen molar-refractivity contribution in [3.8, 4) is 0 Å². The van der Waals surface area contributed by atoms with E-state index in [9.17, 15) is 19.2 Å². The van der Waals surface area contributed by atoms with E-state index in [0.717, 1.165) is 69.1 Å². The number of benzene rings is 1. The molecule has 2 fully saturated rings. The van der Waals surface area contributed by atoms with Crippen LogP contribution in [-0.4, -0.2) is 78.7 Å². The van der Waals surface area contributed by atoms with Gasteiger partial charge in [-0.05, 0) is 50.6 Å². The number of nitrogens with zero attached hydrogens (tertiary/aromatic N) is 3. The van der Waals surface area contributed by atoms with Crippen LogP contribution in [0.15, 0.2) is 18.2 Å². The van der Waals surface area contributed by atoms with Crippen molar-refractivity contribution in [2.45, 2.75) is 38.1 Å². The molecule has 4 rings (SSSR count). The molecule has 0 radical (unpaired) electrons. The van der Waals surface area contributed by atoms with Gasteiger partial charge in [-0.3, -0.25) is 34.3 Å². The van der Waals surface area contributed by atoms with Crippen molar-refractivity contribution in [1.82, 2.24) is 15.1 Å². The van der Waals surface area contributed by atoms with Crippen molar-refractivity contribution < 1.29 is 19.2 Å². The van der Waals surface area contributed by atoms with Crippen LogP contribution in [0.25, 0.3) is 0 Å². The fraction of sp³-hybridized carbons (Fsp3) is 0.545. The predicted molar refractivity (Wildman–Crippen MR) is 129 cm³/mol. The molecular formula is C22H31Cl2N5O4. The highest BCUT2D eigenvalue weighted by atomic mass is 35.5. The van der Waals surface area contributed by atoms with Crippen LogP contribution in [0.2, 0.25) is 0 Å². The molecule has 1 unspecified atom stereocenters. The summed E-state index contributed by atoms with van der Waals surface area (Å²) < 4.78 is 0. The van der Waals surface area contributed by atoms with Gasteiger partial charge in [-0.1, -0.05) is 6.42 Å². The highest BCUT2D eigenvalue weighted by Crippen LogP contribution is 2.31. The van der Waals surface area contributed by atoms with E-state index in [1.807, 2.05) is 6.07 Å². The number of imide groups is 2. The third kappa shape index (κ3) is 5.66. The number of amides is 4. The van der Waals surface area contributed by atoms with Crippen LogP contribution >= 0.6 is 24.8 Å². The second-order valence-corrected chi connectivity index (χ2v) is 8.36. The number of hydrogen-bond donors (Lipinski definition) is 2. The molecule has 11 heteroatoms. The first-order valence-corrected chi connectivity index (χ1v) is 11.0. The third-order valence-corrected chi connectivity index (χ3v) is 6.34. The number of halogens is 2. The number of rotatable bonds is 7. The van der Waals surface area contributed by atoms with Gasteiger partial charge >= 0.3 is 0 Å². The van der Waals surface area contributed by atoms with Crippen molar-refractivity contribution in [2.75, 3.05) is 44.2 Å². The molecule has 3 aliphatic heterocycles. The van der Waals surface area contributed by atoms with E-state index in [-0.39, 0.29) is 43.6 Å². The van der Waals surface area contributed by atoms with E-state index < -0.39 is 23.8 Å². The van der Waals surface area contributed by atoms with E-state index in [1.54, 1.807) is 12.1 Å². The smallest absolute Gasteiger partial charge is 0.262 e. The highest BCUT2D eigenvalue weighted by molar-refractivity contribution is 6.23. The molecule has 0 saturated carbocycles. The van der Waals surface area contributed by atoms with Gasteiger partial charge in [0.1, 0.15) is 6.04 Å². The van der Waals surface area contributed by atoms with Crippen LogP contribution in [0.3, 0.4) is 0 Å². The van der Waals surface area contributed by atoms with Crippen molar-refractivity contribution in [2.24, 2.45) is 5.73 Å². The Bertz CT molecular complexity index is 905. The quantitative estimate of drug-likeness (QED) is 0.427. The van der Waals surface area contributed by atoms with E-state index >= 15 is 0 Å². The SMILES string of the molecule is Cl.Cl.NCCCCCN1CCN(c2ccc3c(c2)C(=O)N(C2CCC(=O)NC2=O)C3=O)CC1. The lowest BCUT2D eigenvalue weighted by molar-refractivity contribution is -0.136. The van der Waals surface area contributed by atoms with Crippen LogP contribution in [0, 0.1) is 0 Å². The van der Waals surface area contributed by atoms with Gasteiger partial charge in [-0.15, -0.1) is 24.8 Å². The number of piperazine rings is 1. The maximum absolute atomic E-state index is 13.0. The molecule has 3 N–H and O–H groups in total. The molecule has 33 heavy (non-hydrogen) atoms. The molecule has 1 aromatic rings. The standard InChI is InChI=1S/C22H29N5O4.2ClH/c23-8-2-1-3-9-25-10-12-26(13-11-25)15-4-5-16-17(14-15)22(31)27(21(16)30)18-6-7-19(28)24-20(18)29;;/h4-5,14,18H,1-3,6-13,23H2,(H,24,28,29);2*1H. The fourth-order valence-electron chi connectivity index (χ4n) is 4.54. The minimum Gasteiger partial charge on any atom is -0.369 e. The van der Waals surface area contributed by atoms with Crippen LogP contribution in [-0.2, 0) is 9.59 Å². The van der Waals surface area contributed by atoms with Crippen molar-refractivity contribution in [1.29, 1.82) is 0 Å². The summed E-state index contributed by atoms with van der Waals surface area (Å²) >= 11 is 0. The van der Waals surface area contributed by atoms with Crippen LogP contribution < -0.4 is 16.0 Å². The molecule has 1 atom stereocenters. The lowest BCUT2D eigenvalue weighted by Gasteiger charge is -2.36. The Kier molecular flexibility index (Phi) is 9.66. The molecular weight excluding hydrogens is 469 g/mol.